The third-order valence-corrected chi connectivity index (χ3v) is 0.941. The van der Waals surface area contributed by atoms with Crippen LogP contribution in [0.25, 0.3) is 0 Å². The monoisotopic (exact) mass is 262 g/mol. The molecule has 0 unspecified atom stereocenters. The van der Waals surface area contributed by atoms with Crippen molar-refractivity contribution in [1.29, 1.82) is 0 Å². The standard InChI is InChI=1S/C8H13O2.Na.H3O4P/c1-3-5-7-10-8(9)6-4-2;;1-5(2,3)4/h4,6H,1,3,5,7H2,2H3;;(H3,1,2,3,4)/q-1;+1;. The Balaban J connectivity index is -0.000000242. The minimum absolute atomic E-state index is 0. The summed E-state index contributed by atoms with van der Waals surface area (Å²) in [5.74, 6) is -0.268. The molecule has 0 rings (SSSR count). The molecule has 0 spiro atoms. The van der Waals surface area contributed by atoms with E-state index in [0.29, 0.717) is 6.61 Å². The topological polar surface area (TPSA) is 104 Å². The zero-order chi connectivity index (χ0) is 12.3. The molecule has 0 heterocycles. The summed E-state index contributed by atoms with van der Waals surface area (Å²) >= 11 is 0. The van der Waals surface area contributed by atoms with Gasteiger partial charge in [0, 0.05) is 6.08 Å². The normalized spacial score (nSPS) is 10.1. The van der Waals surface area contributed by atoms with Gasteiger partial charge < -0.3 is 26.3 Å². The number of rotatable bonds is 4. The minimum atomic E-state index is -4.64. The molecule has 16 heavy (non-hydrogen) atoms. The predicted molar refractivity (Wildman–Crippen MR) is 54.6 cm³/mol. The van der Waals surface area contributed by atoms with Crippen molar-refractivity contribution in [2.45, 2.75) is 19.8 Å². The largest absolute Gasteiger partial charge is 1.00 e. The number of unbranched alkanes of at least 4 members (excludes halogenated alkanes) is 1. The van der Waals surface area contributed by atoms with E-state index >= 15 is 0 Å². The fourth-order valence-corrected chi connectivity index (χ4v) is 0.459. The summed E-state index contributed by atoms with van der Waals surface area (Å²) in [7, 11) is -4.64. The predicted octanol–water partition coefficient (Wildman–Crippen LogP) is -2.20. The molecule has 0 saturated heterocycles. The number of phosphoric acid groups is 1. The molecule has 0 fully saturated rings. The van der Waals surface area contributed by atoms with Crippen molar-refractivity contribution in [1.82, 2.24) is 0 Å². The molecule has 0 aliphatic carbocycles. The molecule has 90 valence electrons. The minimum Gasteiger partial charge on any atom is -0.463 e. The zero-order valence-corrected chi connectivity index (χ0v) is 12.4. The fourth-order valence-electron chi connectivity index (χ4n) is 0.459. The first-order chi connectivity index (χ1) is 6.81. The van der Waals surface area contributed by atoms with Crippen LogP contribution in [0, 0.1) is 6.92 Å². The number of hydrogen-bond donors (Lipinski definition) is 3. The van der Waals surface area contributed by atoms with Crippen LogP contribution >= 0.6 is 7.82 Å². The Morgan fingerprint density at radius 1 is 1.44 bits per heavy atom. The summed E-state index contributed by atoms with van der Waals surface area (Å²) in [4.78, 5) is 32.2. The maximum Gasteiger partial charge on any atom is 1.00 e. The van der Waals surface area contributed by atoms with Crippen molar-refractivity contribution in [3.63, 3.8) is 0 Å². The van der Waals surface area contributed by atoms with E-state index in [0.717, 1.165) is 12.8 Å². The maximum absolute atomic E-state index is 10.6. The van der Waals surface area contributed by atoms with Crippen LogP contribution in [0.5, 0.6) is 0 Å². The number of hydrogen-bond acceptors (Lipinski definition) is 3. The molecule has 0 saturated carbocycles. The molecule has 0 aromatic rings. The summed E-state index contributed by atoms with van der Waals surface area (Å²) in [6.07, 6.45) is 4.71. The average Bonchev–Trinajstić information content (AvgIpc) is 2.02. The summed E-state index contributed by atoms with van der Waals surface area (Å²) in [5.41, 5.74) is 0. The molecular weight excluding hydrogens is 246 g/mol. The number of carbonyl (C=O) groups excluding carboxylic acids is 1. The fraction of sp³-hybridized carbons (Fsp3) is 0.500. The van der Waals surface area contributed by atoms with Gasteiger partial charge in [-0.25, -0.2) is 9.36 Å². The van der Waals surface area contributed by atoms with Gasteiger partial charge in [0.05, 0.1) is 6.61 Å². The first-order valence-electron chi connectivity index (χ1n) is 4.18. The molecule has 0 radical (unpaired) electrons. The van der Waals surface area contributed by atoms with Gasteiger partial charge in [-0.1, -0.05) is 6.08 Å². The van der Waals surface area contributed by atoms with E-state index in [4.69, 9.17) is 24.0 Å². The van der Waals surface area contributed by atoms with E-state index in [1.54, 1.807) is 13.0 Å². The first-order valence-corrected chi connectivity index (χ1v) is 5.74. The van der Waals surface area contributed by atoms with E-state index in [9.17, 15) is 4.79 Å². The van der Waals surface area contributed by atoms with Crippen LogP contribution in [0.1, 0.15) is 19.8 Å². The second kappa shape index (κ2) is 13.4. The van der Waals surface area contributed by atoms with E-state index in [2.05, 4.69) is 6.92 Å². The molecule has 0 aliphatic heterocycles. The quantitative estimate of drug-likeness (QED) is 0.133. The van der Waals surface area contributed by atoms with Gasteiger partial charge in [0.25, 0.3) is 0 Å². The van der Waals surface area contributed by atoms with Crippen LogP contribution in [0.4, 0.5) is 0 Å². The molecule has 0 atom stereocenters. The summed E-state index contributed by atoms with van der Waals surface area (Å²) < 4.78 is 13.6. The van der Waals surface area contributed by atoms with Crippen molar-refractivity contribution in [3.05, 3.63) is 19.1 Å². The molecule has 3 N–H and O–H groups in total. The van der Waals surface area contributed by atoms with Gasteiger partial charge in [-0.15, -0.1) is 0 Å². The van der Waals surface area contributed by atoms with Crippen LogP contribution in [-0.2, 0) is 14.1 Å². The van der Waals surface area contributed by atoms with Gasteiger partial charge in [-0.2, -0.15) is 6.42 Å². The van der Waals surface area contributed by atoms with Crippen molar-refractivity contribution >= 4 is 13.8 Å². The van der Waals surface area contributed by atoms with Crippen LogP contribution in [0.2, 0.25) is 0 Å². The Labute approximate surface area is 117 Å². The zero-order valence-electron chi connectivity index (χ0n) is 9.50. The number of carbonyl (C=O) groups is 1. The van der Waals surface area contributed by atoms with E-state index < -0.39 is 7.82 Å². The Morgan fingerprint density at radius 2 is 1.88 bits per heavy atom. The van der Waals surface area contributed by atoms with Gasteiger partial charge in [-0.05, 0) is 13.3 Å². The van der Waals surface area contributed by atoms with E-state index in [1.807, 2.05) is 0 Å². The molecule has 0 aromatic heterocycles. The molecule has 0 amide bonds. The molecule has 0 aromatic carbocycles. The molecule has 8 heteroatoms. The molecular formula is C8H16NaO6P. The first kappa shape index (κ1) is 21.6. The van der Waals surface area contributed by atoms with Gasteiger partial charge in [0.1, 0.15) is 0 Å². The average molecular weight is 262 g/mol. The van der Waals surface area contributed by atoms with Crippen LogP contribution in [0.3, 0.4) is 0 Å². The maximum atomic E-state index is 10.6. The van der Waals surface area contributed by atoms with Gasteiger partial charge >= 0.3 is 43.3 Å². The Kier molecular flexibility index (Phi) is 18.1. The van der Waals surface area contributed by atoms with E-state index in [-0.39, 0.29) is 35.5 Å². The van der Waals surface area contributed by atoms with Crippen LogP contribution < -0.4 is 29.6 Å². The summed E-state index contributed by atoms with van der Waals surface area (Å²) in [5, 5.41) is 0. The third kappa shape index (κ3) is 36.7. The Hall–Kier alpha value is 0.320. The Bertz CT molecular complexity index is 228. The van der Waals surface area contributed by atoms with Crippen molar-refractivity contribution in [2.75, 3.05) is 6.61 Å². The number of esters is 1. The summed E-state index contributed by atoms with van der Waals surface area (Å²) in [6, 6.07) is 0. The second-order valence-corrected chi connectivity index (χ2v) is 3.41. The molecule has 0 aliphatic rings. The van der Waals surface area contributed by atoms with Crippen LogP contribution in [0.15, 0.2) is 12.2 Å². The number of ether oxygens (including phenoxy) is 1. The summed E-state index contributed by atoms with van der Waals surface area (Å²) in [6.45, 7) is 5.88. The van der Waals surface area contributed by atoms with Crippen molar-refractivity contribution in [2.24, 2.45) is 0 Å². The van der Waals surface area contributed by atoms with Gasteiger partial charge in [0.2, 0.25) is 0 Å². The molecule has 0 bridgehead atoms. The van der Waals surface area contributed by atoms with Crippen molar-refractivity contribution in [3.8, 4) is 0 Å². The third-order valence-electron chi connectivity index (χ3n) is 0.941. The van der Waals surface area contributed by atoms with Gasteiger partial charge in [-0.3, -0.25) is 0 Å². The van der Waals surface area contributed by atoms with Crippen molar-refractivity contribution < 1.29 is 58.3 Å². The van der Waals surface area contributed by atoms with Crippen LogP contribution in [-0.4, -0.2) is 27.3 Å². The van der Waals surface area contributed by atoms with E-state index in [1.165, 1.54) is 6.08 Å². The number of allylic oxidation sites excluding steroid dienone is 1. The van der Waals surface area contributed by atoms with Gasteiger partial charge in [0.15, 0.2) is 0 Å². The molecule has 6 nitrogen and oxygen atoms in total. The SMILES string of the molecule is O=P(O)(O)O.[CH2-]CCCOC(=O)C=CC.[Na+]. The smallest absolute Gasteiger partial charge is 0.463 e. The Morgan fingerprint density at radius 3 is 2.19 bits per heavy atom. The second-order valence-electron chi connectivity index (χ2n) is 2.39.